The number of hydrogen-bond donors (Lipinski definition) is 1. The van der Waals surface area contributed by atoms with Crippen molar-refractivity contribution >= 4 is 11.3 Å². The molecule has 2 nitrogen and oxygen atoms in total. The number of thiophene rings is 1. The lowest BCUT2D eigenvalue weighted by Gasteiger charge is -2.22. The molecule has 1 aromatic heterocycles. The molecule has 0 aliphatic carbocycles. The molecule has 0 bridgehead atoms. The molecule has 0 amide bonds. The number of hydrogen-bond acceptors (Lipinski definition) is 3. The quantitative estimate of drug-likeness (QED) is 0.842. The van der Waals surface area contributed by atoms with Crippen LogP contribution in [0.5, 0.6) is 5.75 Å². The summed E-state index contributed by atoms with van der Waals surface area (Å²) in [6.07, 6.45) is 0. The molecule has 0 saturated heterocycles. The second-order valence-corrected chi connectivity index (χ2v) is 6.41. The fourth-order valence-corrected chi connectivity index (χ4v) is 3.37. The molecular weight excluding hydrogens is 266 g/mol. The van der Waals surface area contributed by atoms with Crippen molar-refractivity contribution in [1.82, 2.24) is 5.32 Å². The van der Waals surface area contributed by atoms with Crippen molar-refractivity contribution < 1.29 is 4.74 Å². The standard InChI is InChI=1S/C17H23NOS/c1-12(2)17(16-6-5-9-20-16)18-11-14-10-13(3)7-8-15(14)19-4/h5-10,12,17-18H,11H2,1-4H3. The van der Waals surface area contributed by atoms with Gasteiger partial charge in [-0.05, 0) is 30.4 Å². The molecule has 3 heteroatoms. The first-order chi connectivity index (χ1) is 9.61. The van der Waals surface area contributed by atoms with Crippen LogP contribution in [0.1, 0.15) is 35.9 Å². The topological polar surface area (TPSA) is 21.3 Å². The van der Waals surface area contributed by atoms with E-state index in [4.69, 9.17) is 4.74 Å². The zero-order valence-corrected chi connectivity index (χ0v) is 13.5. The third-order valence-corrected chi connectivity index (χ3v) is 4.42. The molecule has 0 spiro atoms. The van der Waals surface area contributed by atoms with Crippen LogP contribution in [0.4, 0.5) is 0 Å². The van der Waals surface area contributed by atoms with Gasteiger partial charge in [-0.3, -0.25) is 0 Å². The van der Waals surface area contributed by atoms with Crippen LogP contribution < -0.4 is 10.1 Å². The van der Waals surface area contributed by atoms with Crippen LogP contribution in [0.3, 0.4) is 0 Å². The summed E-state index contributed by atoms with van der Waals surface area (Å²) in [4.78, 5) is 1.40. The third kappa shape index (κ3) is 3.62. The summed E-state index contributed by atoms with van der Waals surface area (Å²) in [5, 5.41) is 5.81. The first-order valence-corrected chi connectivity index (χ1v) is 7.90. The molecule has 1 atom stereocenters. The Bertz CT molecular complexity index is 534. The van der Waals surface area contributed by atoms with Crippen LogP contribution in [0.25, 0.3) is 0 Å². The van der Waals surface area contributed by atoms with E-state index in [1.807, 2.05) is 17.4 Å². The second kappa shape index (κ2) is 6.91. The summed E-state index contributed by atoms with van der Waals surface area (Å²) in [5.74, 6) is 1.52. The van der Waals surface area contributed by atoms with Crippen LogP contribution in [-0.2, 0) is 6.54 Å². The Hall–Kier alpha value is -1.32. The molecule has 0 saturated carbocycles. The van der Waals surface area contributed by atoms with Gasteiger partial charge in [0.25, 0.3) is 0 Å². The molecule has 1 heterocycles. The highest BCUT2D eigenvalue weighted by atomic mass is 32.1. The van der Waals surface area contributed by atoms with Crippen molar-refractivity contribution in [2.75, 3.05) is 7.11 Å². The maximum atomic E-state index is 5.45. The molecule has 1 aromatic carbocycles. The van der Waals surface area contributed by atoms with E-state index < -0.39 is 0 Å². The van der Waals surface area contributed by atoms with Gasteiger partial charge in [0.2, 0.25) is 0 Å². The van der Waals surface area contributed by atoms with Crippen molar-refractivity contribution in [3.05, 3.63) is 51.7 Å². The van der Waals surface area contributed by atoms with E-state index in [2.05, 4.69) is 55.7 Å². The van der Waals surface area contributed by atoms with Gasteiger partial charge in [0.1, 0.15) is 5.75 Å². The Morgan fingerprint density at radius 1 is 1.25 bits per heavy atom. The molecule has 0 aliphatic heterocycles. The van der Waals surface area contributed by atoms with Gasteiger partial charge >= 0.3 is 0 Å². The van der Waals surface area contributed by atoms with E-state index in [-0.39, 0.29) is 0 Å². The molecule has 0 fully saturated rings. The van der Waals surface area contributed by atoms with Gasteiger partial charge in [-0.25, -0.2) is 0 Å². The number of rotatable bonds is 6. The summed E-state index contributed by atoms with van der Waals surface area (Å²) in [6, 6.07) is 11.0. The van der Waals surface area contributed by atoms with Gasteiger partial charge in [-0.1, -0.05) is 37.6 Å². The van der Waals surface area contributed by atoms with Gasteiger partial charge in [-0.15, -0.1) is 11.3 Å². The van der Waals surface area contributed by atoms with Gasteiger partial charge in [0, 0.05) is 23.0 Å². The predicted octanol–water partition coefficient (Wildman–Crippen LogP) is 4.55. The lowest BCUT2D eigenvalue weighted by molar-refractivity contribution is 0.391. The summed E-state index contributed by atoms with van der Waals surface area (Å²) in [6.45, 7) is 7.45. The van der Waals surface area contributed by atoms with Gasteiger partial charge < -0.3 is 10.1 Å². The highest BCUT2D eigenvalue weighted by molar-refractivity contribution is 7.10. The van der Waals surface area contributed by atoms with Crippen LogP contribution in [0.15, 0.2) is 35.7 Å². The Morgan fingerprint density at radius 2 is 2.05 bits per heavy atom. The molecule has 2 aromatic rings. The first-order valence-electron chi connectivity index (χ1n) is 7.02. The van der Waals surface area contributed by atoms with Crippen molar-refractivity contribution in [2.24, 2.45) is 5.92 Å². The number of aryl methyl sites for hydroxylation is 1. The van der Waals surface area contributed by atoms with E-state index >= 15 is 0 Å². The summed E-state index contributed by atoms with van der Waals surface area (Å²) < 4.78 is 5.45. The molecule has 20 heavy (non-hydrogen) atoms. The Labute approximate surface area is 125 Å². The first kappa shape index (κ1) is 15.1. The lowest BCUT2D eigenvalue weighted by Crippen LogP contribution is -2.24. The molecular formula is C17H23NOS. The molecule has 0 aliphatic rings. The lowest BCUT2D eigenvalue weighted by atomic mass is 10.0. The minimum Gasteiger partial charge on any atom is -0.496 e. The van der Waals surface area contributed by atoms with Gasteiger partial charge in [-0.2, -0.15) is 0 Å². The zero-order chi connectivity index (χ0) is 14.5. The highest BCUT2D eigenvalue weighted by Crippen LogP contribution is 2.27. The molecule has 1 unspecified atom stereocenters. The third-order valence-electron chi connectivity index (χ3n) is 3.46. The van der Waals surface area contributed by atoms with Gasteiger partial charge in [0.15, 0.2) is 0 Å². The van der Waals surface area contributed by atoms with E-state index in [1.165, 1.54) is 16.0 Å². The van der Waals surface area contributed by atoms with Crippen LogP contribution in [0, 0.1) is 12.8 Å². The van der Waals surface area contributed by atoms with E-state index in [0.29, 0.717) is 12.0 Å². The normalized spacial score (nSPS) is 12.7. The van der Waals surface area contributed by atoms with Crippen molar-refractivity contribution in [3.63, 3.8) is 0 Å². The minimum atomic E-state index is 0.389. The average molecular weight is 289 g/mol. The maximum Gasteiger partial charge on any atom is 0.123 e. The molecule has 108 valence electrons. The number of nitrogens with one attached hydrogen (secondary N) is 1. The van der Waals surface area contributed by atoms with Crippen molar-refractivity contribution in [3.8, 4) is 5.75 Å². The predicted molar refractivity (Wildman–Crippen MR) is 86.5 cm³/mol. The number of methoxy groups -OCH3 is 1. The van der Waals surface area contributed by atoms with Crippen LogP contribution in [-0.4, -0.2) is 7.11 Å². The summed E-state index contributed by atoms with van der Waals surface area (Å²) in [5.41, 5.74) is 2.48. The van der Waals surface area contributed by atoms with Crippen LogP contribution >= 0.6 is 11.3 Å². The van der Waals surface area contributed by atoms with Crippen LogP contribution in [0.2, 0.25) is 0 Å². The monoisotopic (exact) mass is 289 g/mol. The Kier molecular flexibility index (Phi) is 5.21. The molecule has 2 rings (SSSR count). The van der Waals surface area contributed by atoms with Gasteiger partial charge in [0.05, 0.1) is 7.11 Å². The molecule has 0 radical (unpaired) electrons. The SMILES string of the molecule is COc1ccc(C)cc1CNC(c1cccs1)C(C)C. The van der Waals surface area contributed by atoms with E-state index in [0.717, 1.165) is 12.3 Å². The largest absolute Gasteiger partial charge is 0.496 e. The Morgan fingerprint density at radius 3 is 2.65 bits per heavy atom. The summed E-state index contributed by atoms with van der Waals surface area (Å²) >= 11 is 1.81. The second-order valence-electron chi connectivity index (χ2n) is 5.43. The van der Waals surface area contributed by atoms with Crippen molar-refractivity contribution in [1.29, 1.82) is 0 Å². The van der Waals surface area contributed by atoms with Crippen molar-refractivity contribution in [2.45, 2.75) is 33.4 Å². The van der Waals surface area contributed by atoms with E-state index in [1.54, 1.807) is 7.11 Å². The average Bonchev–Trinajstić information content (AvgIpc) is 2.92. The van der Waals surface area contributed by atoms with E-state index in [9.17, 15) is 0 Å². The summed E-state index contributed by atoms with van der Waals surface area (Å²) in [7, 11) is 1.73. The fourth-order valence-electron chi connectivity index (χ4n) is 2.40. The number of ether oxygens (including phenoxy) is 1. The number of benzene rings is 1. The molecule has 1 N–H and O–H groups in total. The fraction of sp³-hybridized carbons (Fsp3) is 0.412. The minimum absolute atomic E-state index is 0.389. The maximum absolute atomic E-state index is 5.45. The zero-order valence-electron chi connectivity index (χ0n) is 12.6. The Balaban J connectivity index is 2.12. The smallest absolute Gasteiger partial charge is 0.123 e. The highest BCUT2D eigenvalue weighted by Gasteiger charge is 2.16.